The molecule has 162 valence electrons. The Morgan fingerprint density at radius 3 is 1.37 bits per heavy atom. The van der Waals surface area contributed by atoms with E-state index in [0.717, 1.165) is 6.42 Å². The highest BCUT2D eigenvalue weighted by Crippen LogP contribution is 2.12. The van der Waals surface area contributed by atoms with Crippen molar-refractivity contribution in [2.75, 3.05) is 20.6 Å². The standard InChI is InChI=1S/C18H39N.C6H10O2/c1-4-5-6-7-8-9-10-11-12-13-14-15-16-17-18-19(2)3;1-3-4-5(2)6(7)8/h4-18H2,1-3H3;4H,3H2,1-2H3,(H,7,8). The lowest BCUT2D eigenvalue weighted by Gasteiger charge is -2.06. The fourth-order valence-corrected chi connectivity index (χ4v) is 3.06. The SMILES string of the molecule is CCC=C(C)C(=O)[O-].CCCCCCCCCCCCCCCC[NH+](C)C. The van der Waals surface area contributed by atoms with Crippen LogP contribution < -0.4 is 10.0 Å². The molecule has 0 rings (SSSR count). The number of hydrogen-bond acceptors (Lipinski definition) is 2. The lowest BCUT2D eigenvalue weighted by Crippen LogP contribution is -3.05. The third-order valence-electron chi connectivity index (χ3n) is 4.86. The molecule has 0 aliphatic heterocycles. The third kappa shape index (κ3) is 27.5. The van der Waals surface area contributed by atoms with E-state index < -0.39 is 5.97 Å². The van der Waals surface area contributed by atoms with Gasteiger partial charge in [0.25, 0.3) is 0 Å². The van der Waals surface area contributed by atoms with Gasteiger partial charge in [0.05, 0.1) is 26.6 Å². The first-order valence-corrected chi connectivity index (χ1v) is 11.6. The summed E-state index contributed by atoms with van der Waals surface area (Å²) in [5, 5.41) is 9.91. The summed E-state index contributed by atoms with van der Waals surface area (Å²) in [4.78, 5) is 11.5. The molecule has 27 heavy (non-hydrogen) atoms. The van der Waals surface area contributed by atoms with Crippen molar-refractivity contribution in [3.63, 3.8) is 0 Å². The molecule has 0 unspecified atom stereocenters. The monoisotopic (exact) mass is 383 g/mol. The van der Waals surface area contributed by atoms with E-state index in [9.17, 15) is 9.90 Å². The first-order chi connectivity index (χ1) is 13.0. The van der Waals surface area contributed by atoms with Crippen LogP contribution in [0.25, 0.3) is 0 Å². The van der Waals surface area contributed by atoms with Crippen LogP contribution in [0.4, 0.5) is 0 Å². The van der Waals surface area contributed by atoms with Gasteiger partial charge in [-0.3, -0.25) is 0 Å². The van der Waals surface area contributed by atoms with Crippen molar-refractivity contribution in [3.05, 3.63) is 11.6 Å². The maximum atomic E-state index is 9.91. The van der Waals surface area contributed by atoms with Gasteiger partial charge >= 0.3 is 0 Å². The average molecular weight is 384 g/mol. The van der Waals surface area contributed by atoms with E-state index in [2.05, 4.69) is 21.0 Å². The second kappa shape index (κ2) is 23.2. The summed E-state index contributed by atoms with van der Waals surface area (Å²) < 4.78 is 0. The summed E-state index contributed by atoms with van der Waals surface area (Å²) in [5.41, 5.74) is 0.313. The minimum Gasteiger partial charge on any atom is -0.545 e. The zero-order valence-electron chi connectivity index (χ0n) is 19.2. The molecule has 0 atom stereocenters. The quantitative estimate of drug-likeness (QED) is 0.292. The number of aliphatic carboxylic acids is 1. The van der Waals surface area contributed by atoms with Crippen molar-refractivity contribution < 1.29 is 14.8 Å². The van der Waals surface area contributed by atoms with Crippen LogP contribution in [0.1, 0.15) is 117 Å². The lowest BCUT2D eigenvalue weighted by molar-refractivity contribution is -0.858. The van der Waals surface area contributed by atoms with Crippen LogP contribution in [-0.2, 0) is 4.79 Å². The molecule has 0 radical (unpaired) electrons. The molecule has 0 aromatic rings. The first kappa shape index (κ1) is 28.4. The summed E-state index contributed by atoms with van der Waals surface area (Å²) in [5.74, 6) is -1.08. The Morgan fingerprint density at radius 2 is 1.11 bits per heavy atom. The largest absolute Gasteiger partial charge is 0.545 e. The molecule has 0 spiro atoms. The van der Waals surface area contributed by atoms with Crippen molar-refractivity contribution in [3.8, 4) is 0 Å². The Labute approximate surface area is 170 Å². The number of allylic oxidation sites excluding steroid dienone is 1. The number of rotatable bonds is 17. The Bertz CT molecular complexity index is 337. The summed E-state index contributed by atoms with van der Waals surface area (Å²) >= 11 is 0. The Balaban J connectivity index is 0. The molecular weight excluding hydrogens is 334 g/mol. The topological polar surface area (TPSA) is 44.6 Å². The molecular formula is C24H49NO2. The van der Waals surface area contributed by atoms with Gasteiger partial charge in [-0.1, -0.05) is 97.0 Å². The maximum Gasteiger partial charge on any atom is 0.0766 e. The van der Waals surface area contributed by atoms with Gasteiger partial charge in [0.1, 0.15) is 0 Å². The molecule has 1 N–H and O–H groups in total. The van der Waals surface area contributed by atoms with E-state index >= 15 is 0 Å². The van der Waals surface area contributed by atoms with Crippen molar-refractivity contribution in [1.29, 1.82) is 0 Å². The Kier molecular flexibility index (Phi) is 24.4. The number of quaternary nitrogens is 1. The van der Waals surface area contributed by atoms with Crippen LogP contribution in [0.2, 0.25) is 0 Å². The van der Waals surface area contributed by atoms with E-state index in [4.69, 9.17) is 0 Å². The van der Waals surface area contributed by atoms with E-state index in [1.54, 1.807) is 11.0 Å². The highest BCUT2D eigenvalue weighted by atomic mass is 16.4. The molecule has 0 heterocycles. The fourth-order valence-electron chi connectivity index (χ4n) is 3.06. The zero-order chi connectivity index (χ0) is 20.8. The second-order valence-corrected chi connectivity index (χ2v) is 8.14. The predicted molar refractivity (Wildman–Crippen MR) is 117 cm³/mol. The van der Waals surface area contributed by atoms with Crippen LogP contribution in [0.5, 0.6) is 0 Å². The van der Waals surface area contributed by atoms with Crippen molar-refractivity contribution in [2.24, 2.45) is 0 Å². The van der Waals surface area contributed by atoms with Gasteiger partial charge in [-0.05, 0) is 31.8 Å². The highest BCUT2D eigenvalue weighted by molar-refractivity contribution is 5.83. The Hall–Kier alpha value is -0.830. The number of carbonyl (C=O) groups excluding carboxylic acids is 1. The van der Waals surface area contributed by atoms with Gasteiger partial charge in [-0.2, -0.15) is 0 Å². The summed E-state index contributed by atoms with van der Waals surface area (Å²) in [6.45, 7) is 7.05. The van der Waals surface area contributed by atoms with Gasteiger partial charge < -0.3 is 14.8 Å². The predicted octanol–water partition coefficient (Wildman–Crippen LogP) is 4.70. The number of unbranched alkanes of at least 4 members (excludes halogenated alkanes) is 13. The van der Waals surface area contributed by atoms with Crippen LogP contribution >= 0.6 is 0 Å². The number of hydrogen-bond donors (Lipinski definition) is 1. The molecule has 0 bridgehead atoms. The smallest absolute Gasteiger partial charge is 0.0766 e. The fraction of sp³-hybridized carbons (Fsp3) is 0.875. The second-order valence-electron chi connectivity index (χ2n) is 8.14. The molecule has 0 aromatic heterocycles. The number of carboxylic acid groups (broad SMARTS) is 1. The van der Waals surface area contributed by atoms with Crippen molar-refractivity contribution >= 4 is 5.97 Å². The van der Waals surface area contributed by atoms with E-state index in [-0.39, 0.29) is 0 Å². The minimum absolute atomic E-state index is 0.313. The third-order valence-corrected chi connectivity index (χ3v) is 4.86. The van der Waals surface area contributed by atoms with E-state index in [1.165, 1.54) is 103 Å². The number of carbonyl (C=O) groups is 1. The summed E-state index contributed by atoms with van der Waals surface area (Å²) in [7, 11) is 4.50. The van der Waals surface area contributed by atoms with Gasteiger partial charge in [0, 0.05) is 0 Å². The molecule has 0 aliphatic rings. The van der Waals surface area contributed by atoms with Crippen molar-refractivity contribution in [1.82, 2.24) is 0 Å². The molecule has 0 fully saturated rings. The molecule has 0 amide bonds. The summed E-state index contributed by atoms with van der Waals surface area (Å²) in [6.07, 6.45) is 22.8. The highest BCUT2D eigenvalue weighted by Gasteiger charge is 1.95. The normalized spacial score (nSPS) is 11.4. The lowest BCUT2D eigenvalue weighted by atomic mass is 10.0. The van der Waals surface area contributed by atoms with Crippen molar-refractivity contribution in [2.45, 2.75) is 117 Å². The van der Waals surface area contributed by atoms with Crippen LogP contribution in [0.3, 0.4) is 0 Å². The molecule has 0 aliphatic carbocycles. The van der Waals surface area contributed by atoms with Gasteiger partial charge in [0.2, 0.25) is 0 Å². The average Bonchev–Trinajstić information content (AvgIpc) is 2.62. The molecule has 0 saturated carbocycles. The number of nitrogens with one attached hydrogen (secondary N) is 1. The molecule has 0 saturated heterocycles. The van der Waals surface area contributed by atoms with Crippen LogP contribution in [0.15, 0.2) is 11.6 Å². The van der Waals surface area contributed by atoms with Crippen LogP contribution in [-0.4, -0.2) is 26.6 Å². The van der Waals surface area contributed by atoms with Crippen LogP contribution in [0, 0.1) is 0 Å². The summed E-state index contributed by atoms with van der Waals surface area (Å²) in [6, 6.07) is 0. The minimum atomic E-state index is -1.08. The van der Waals surface area contributed by atoms with Gasteiger partial charge in [0.15, 0.2) is 0 Å². The molecule has 3 nitrogen and oxygen atoms in total. The van der Waals surface area contributed by atoms with E-state index in [0.29, 0.717) is 5.57 Å². The van der Waals surface area contributed by atoms with Gasteiger partial charge in [-0.25, -0.2) is 0 Å². The Morgan fingerprint density at radius 1 is 0.741 bits per heavy atom. The van der Waals surface area contributed by atoms with E-state index in [1.807, 2.05) is 6.92 Å². The molecule has 0 aromatic carbocycles. The maximum absolute atomic E-state index is 9.91. The number of carboxylic acids is 1. The first-order valence-electron chi connectivity index (χ1n) is 11.6. The van der Waals surface area contributed by atoms with Gasteiger partial charge in [-0.15, -0.1) is 0 Å². The molecule has 3 heteroatoms. The zero-order valence-corrected chi connectivity index (χ0v) is 19.2.